The molecular weight excluding hydrogens is 517 g/mol. The molecule has 3 aromatic rings. The summed E-state index contributed by atoms with van der Waals surface area (Å²) in [4.78, 5) is 30.3. The van der Waals surface area contributed by atoms with E-state index < -0.39 is 17.6 Å². The number of imidazole rings is 1. The number of amides is 2. The van der Waals surface area contributed by atoms with E-state index in [-0.39, 0.29) is 56.2 Å². The van der Waals surface area contributed by atoms with Gasteiger partial charge in [-0.3, -0.25) is 19.1 Å². The first-order chi connectivity index (χ1) is 17.7. The van der Waals surface area contributed by atoms with Gasteiger partial charge in [0.1, 0.15) is 5.75 Å². The van der Waals surface area contributed by atoms with Gasteiger partial charge in [0.2, 0.25) is 6.41 Å². The van der Waals surface area contributed by atoms with E-state index in [1.165, 1.54) is 23.7 Å². The van der Waals surface area contributed by atoms with Gasteiger partial charge in [0.15, 0.2) is 11.5 Å². The molecule has 2 amide bonds. The molecule has 1 heterocycles. The Morgan fingerprint density at radius 1 is 1.22 bits per heavy atom. The highest BCUT2D eigenvalue weighted by Crippen LogP contribution is 2.34. The third-order valence-electron chi connectivity index (χ3n) is 5.10. The molecule has 1 aromatic heterocycles. The first-order valence-electron chi connectivity index (χ1n) is 11.0. The fourth-order valence-corrected chi connectivity index (χ4v) is 3.46. The van der Waals surface area contributed by atoms with Crippen molar-refractivity contribution < 1.29 is 37.3 Å². The van der Waals surface area contributed by atoms with E-state index in [4.69, 9.17) is 26.2 Å². The number of aliphatic hydroxyl groups excluding tert-OH is 1. The van der Waals surface area contributed by atoms with E-state index in [0.29, 0.717) is 17.0 Å². The molecule has 198 valence electrons. The Kier molecular flexibility index (Phi) is 9.50. The monoisotopic (exact) mass is 540 g/mol. The van der Waals surface area contributed by atoms with Gasteiger partial charge in [-0.15, -0.1) is 0 Å². The maximum atomic E-state index is 13.4. The molecule has 13 heteroatoms. The van der Waals surface area contributed by atoms with Crippen LogP contribution in [0.25, 0.3) is 0 Å². The normalized spacial score (nSPS) is 11.3. The molecule has 3 rings (SSSR count). The molecule has 0 fully saturated rings. The summed E-state index contributed by atoms with van der Waals surface area (Å²) in [5.41, 5.74) is -0.300. The Labute approximate surface area is 215 Å². The Morgan fingerprint density at radius 2 is 1.95 bits per heavy atom. The van der Waals surface area contributed by atoms with Crippen LogP contribution in [0.1, 0.15) is 21.6 Å². The van der Waals surface area contributed by atoms with Gasteiger partial charge in [0.05, 0.1) is 38.5 Å². The summed E-state index contributed by atoms with van der Waals surface area (Å²) in [6.45, 7) is -0.287. The minimum Gasteiger partial charge on any atom is -0.425 e. The maximum absolute atomic E-state index is 13.4. The number of aromatic nitrogens is 2. The second-order valence-electron chi connectivity index (χ2n) is 7.62. The van der Waals surface area contributed by atoms with Crippen molar-refractivity contribution in [2.45, 2.75) is 12.7 Å². The number of alkyl halides is 3. The summed E-state index contributed by atoms with van der Waals surface area (Å²) in [6.07, 6.45) is -4.25. The largest absolute Gasteiger partial charge is 0.425 e. The standard InChI is InChI=1S/C24H24ClF3N4O5/c1-29-21-20(22(35)31(15-34)9-11-36-12-10-33)32(14-16-5-7-18(25)8-6-16)23(30-21)37-19-4-2-3-17(13-19)24(26,27)28/h2-8,13,15,29,33H,9-12,14H2,1H3. The molecule has 0 aliphatic rings. The van der Waals surface area contributed by atoms with E-state index in [2.05, 4.69) is 10.3 Å². The van der Waals surface area contributed by atoms with E-state index in [0.717, 1.165) is 17.0 Å². The zero-order valence-corrected chi connectivity index (χ0v) is 20.4. The van der Waals surface area contributed by atoms with Gasteiger partial charge in [0.25, 0.3) is 5.91 Å². The second kappa shape index (κ2) is 12.6. The Hall–Kier alpha value is -3.61. The quantitative estimate of drug-likeness (QED) is 0.264. The van der Waals surface area contributed by atoms with Crippen molar-refractivity contribution >= 4 is 29.7 Å². The molecule has 9 nitrogen and oxygen atoms in total. The number of carbonyl (C=O) groups is 2. The van der Waals surface area contributed by atoms with Crippen molar-refractivity contribution in [1.82, 2.24) is 14.5 Å². The van der Waals surface area contributed by atoms with E-state index in [9.17, 15) is 22.8 Å². The van der Waals surface area contributed by atoms with E-state index in [1.54, 1.807) is 24.3 Å². The molecule has 2 aromatic carbocycles. The van der Waals surface area contributed by atoms with Crippen LogP contribution in [0.5, 0.6) is 11.8 Å². The van der Waals surface area contributed by atoms with Crippen LogP contribution in [-0.2, 0) is 22.3 Å². The summed E-state index contributed by atoms with van der Waals surface area (Å²) in [5.74, 6) is -0.847. The Morgan fingerprint density at radius 3 is 2.57 bits per heavy atom. The molecule has 0 atom stereocenters. The van der Waals surface area contributed by atoms with Crippen LogP contribution in [0, 0.1) is 0 Å². The van der Waals surface area contributed by atoms with Crippen molar-refractivity contribution in [2.75, 3.05) is 38.7 Å². The predicted molar refractivity (Wildman–Crippen MR) is 129 cm³/mol. The predicted octanol–water partition coefficient (Wildman–Crippen LogP) is 4.05. The molecule has 37 heavy (non-hydrogen) atoms. The highest BCUT2D eigenvalue weighted by Gasteiger charge is 2.31. The molecule has 0 unspecified atom stereocenters. The topological polar surface area (TPSA) is 106 Å². The van der Waals surface area contributed by atoms with Crippen LogP contribution in [0.4, 0.5) is 19.0 Å². The number of carbonyl (C=O) groups excluding carboxylic acids is 2. The van der Waals surface area contributed by atoms with Crippen molar-refractivity contribution in [3.63, 3.8) is 0 Å². The average Bonchev–Trinajstić information content (AvgIpc) is 3.21. The van der Waals surface area contributed by atoms with Crippen molar-refractivity contribution in [3.05, 3.63) is 70.4 Å². The van der Waals surface area contributed by atoms with Crippen LogP contribution in [0.15, 0.2) is 48.5 Å². The third-order valence-corrected chi connectivity index (χ3v) is 5.35. The van der Waals surface area contributed by atoms with Crippen LogP contribution < -0.4 is 10.1 Å². The van der Waals surface area contributed by atoms with E-state index in [1.807, 2.05) is 0 Å². The molecule has 0 bridgehead atoms. The number of hydrogen-bond acceptors (Lipinski definition) is 7. The van der Waals surface area contributed by atoms with Crippen LogP contribution in [0.3, 0.4) is 0 Å². The molecule has 0 saturated heterocycles. The highest BCUT2D eigenvalue weighted by atomic mass is 35.5. The second-order valence-corrected chi connectivity index (χ2v) is 8.06. The molecule has 0 aliphatic heterocycles. The molecule has 0 radical (unpaired) electrons. The minimum absolute atomic E-state index is 0.0150. The maximum Gasteiger partial charge on any atom is 0.416 e. The lowest BCUT2D eigenvalue weighted by atomic mass is 10.2. The summed E-state index contributed by atoms with van der Waals surface area (Å²) in [6, 6.07) is 10.7. The lowest BCUT2D eigenvalue weighted by molar-refractivity contribution is -0.137. The van der Waals surface area contributed by atoms with Gasteiger partial charge in [-0.25, -0.2) is 0 Å². The number of halogens is 4. The number of rotatable bonds is 12. The molecule has 0 spiro atoms. The molecular formula is C24H24ClF3N4O5. The van der Waals surface area contributed by atoms with Gasteiger partial charge in [-0.05, 0) is 35.9 Å². The lowest BCUT2D eigenvalue weighted by Gasteiger charge is -2.18. The smallest absolute Gasteiger partial charge is 0.416 e. The minimum atomic E-state index is -4.59. The average molecular weight is 541 g/mol. The fraction of sp³-hybridized carbons (Fsp3) is 0.292. The third kappa shape index (κ3) is 7.21. The van der Waals surface area contributed by atoms with Gasteiger partial charge in [-0.1, -0.05) is 29.8 Å². The first-order valence-corrected chi connectivity index (χ1v) is 11.4. The van der Waals surface area contributed by atoms with Crippen LogP contribution >= 0.6 is 11.6 Å². The van der Waals surface area contributed by atoms with Gasteiger partial charge in [0, 0.05) is 12.1 Å². The fourth-order valence-electron chi connectivity index (χ4n) is 3.33. The number of hydrogen-bond donors (Lipinski definition) is 2. The number of nitrogens with one attached hydrogen (secondary N) is 1. The van der Waals surface area contributed by atoms with Crippen molar-refractivity contribution in [3.8, 4) is 11.8 Å². The Bertz CT molecular complexity index is 1220. The molecule has 0 aliphatic carbocycles. The molecule has 0 saturated carbocycles. The highest BCUT2D eigenvalue weighted by molar-refractivity contribution is 6.30. The van der Waals surface area contributed by atoms with Crippen molar-refractivity contribution in [2.24, 2.45) is 0 Å². The number of ether oxygens (including phenoxy) is 2. The Balaban J connectivity index is 2.04. The SMILES string of the molecule is CNc1nc(Oc2cccc(C(F)(F)F)c2)n(Cc2ccc(Cl)cc2)c1C(=O)N(C=O)CCOCCO. The van der Waals surface area contributed by atoms with E-state index >= 15 is 0 Å². The van der Waals surface area contributed by atoms with Gasteiger partial charge >= 0.3 is 12.2 Å². The summed E-state index contributed by atoms with van der Waals surface area (Å²) in [5, 5.41) is 12.1. The zero-order chi connectivity index (χ0) is 27.0. The number of benzene rings is 2. The van der Waals surface area contributed by atoms with Crippen LogP contribution in [0.2, 0.25) is 5.02 Å². The van der Waals surface area contributed by atoms with Crippen molar-refractivity contribution in [1.29, 1.82) is 0 Å². The summed E-state index contributed by atoms with van der Waals surface area (Å²) < 4.78 is 51.8. The number of anilines is 1. The number of aliphatic hydroxyl groups is 1. The lowest BCUT2D eigenvalue weighted by Crippen LogP contribution is -2.35. The zero-order valence-electron chi connectivity index (χ0n) is 19.7. The first kappa shape index (κ1) is 28.0. The number of imide groups is 1. The summed E-state index contributed by atoms with van der Waals surface area (Å²) >= 11 is 5.97. The van der Waals surface area contributed by atoms with Gasteiger partial charge < -0.3 is 19.9 Å². The van der Waals surface area contributed by atoms with Crippen LogP contribution in [-0.4, -0.2) is 65.3 Å². The molecule has 2 N–H and O–H groups in total. The number of nitrogens with zero attached hydrogens (tertiary/aromatic N) is 3. The summed E-state index contributed by atoms with van der Waals surface area (Å²) in [7, 11) is 1.50. The van der Waals surface area contributed by atoms with Gasteiger partial charge in [-0.2, -0.15) is 18.2 Å².